The fourth-order valence-electron chi connectivity index (χ4n) is 2.81. The number of para-hydroxylation sites is 1. The minimum Gasteiger partial charge on any atom is -0.348 e. The maximum absolute atomic E-state index is 12.6. The zero-order valence-electron chi connectivity index (χ0n) is 13.4. The Bertz CT molecular complexity index is 710. The van der Waals surface area contributed by atoms with Crippen LogP contribution in [0.15, 0.2) is 54.6 Å². The van der Waals surface area contributed by atoms with Crippen molar-refractivity contribution in [2.24, 2.45) is 0 Å². The second-order valence-corrected chi connectivity index (χ2v) is 5.88. The summed E-state index contributed by atoms with van der Waals surface area (Å²) in [7, 11) is 0. The molecule has 1 fully saturated rings. The Morgan fingerprint density at radius 2 is 1.71 bits per heavy atom. The first kappa shape index (κ1) is 16.2. The third kappa shape index (κ3) is 4.00. The number of hydrogen-bond acceptors (Lipinski definition) is 3. The smallest absolute Gasteiger partial charge is 0.255 e. The zero-order valence-corrected chi connectivity index (χ0v) is 13.4. The van der Waals surface area contributed by atoms with Gasteiger partial charge in [0.25, 0.3) is 11.8 Å². The van der Waals surface area contributed by atoms with Gasteiger partial charge in [0.05, 0.1) is 11.3 Å². The molecule has 2 aromatic rings. The SMILES string of the molecule is O=C(Nc1ccccc1C(=O)NC1CCCNC1)c1ccccc1. The van der Waals surface area contributed by atoms with Crippen molar-refractivity contribution in [1.29, 1.82) is 0 Å². The molecule has 5 nitrogen and oxygen atoms in total. The molecule has 3 N–H and O–H groups in total. The van der Waals surface area contributed by atoms with Crippen LogP contribution in [-0.4, -0.2) is 30.9 Å². The quantitative estimate of drug-likeness (QED) is 0.809. The number of hydrogen-bond donors (Lipinski definition) is 3. The van der Waals surface area contributed by atoms with Crippen LogP contribution < -0.4 is 16.0 Å². The molecule has 5 heteroatoms. The summed E-state index contributed by atoms with van der Waals surface area (Å²) in [6, 6.07) is 16.2. The topological polar surface area (TPSA) is 70.2 Å². The van der Waals surface area contributed by atoms with Crippen LogP contribution in [0, 0.1) is 0 Å². The lowest BCUT2D eigenvalue weighted by atomic mass is 10.1. The highest BCUT2D eigenvalue weighted by Crippen LogP contribution is 2.17. The predicted octanol–water partition coefficient (Wildman–Crippen LogP) is 2.42. The van der Waals surface area contributed by atoms with Crippen molar-refractivity contribution in [3.63, 3.8) is 0 Å². The number of rotatable bonds is 4. The summed E-state index contributed by atoms with van der Waals surface area (Å²) in [4.78, 5) is 24.9. The number of carbonyl (C=O) groups is 2. The number of nitrogens with one attached hydrogen (secondary N) is 3. The van der Waals surface area contributed by atoms with E-state index in [4.69, 9.17) is 0 Å². The Hall–Kier alpha value is -2.66. The van der Waals surface area contributed by atoms with Crippen LogP contribution in [0.1, 0.15) is 33.6 Å². The molecular formula is C19H21N3O2. The van der Waals surface area contributed by atoms with E-state index in [0.29, 0.717) is 16.8 Å². The van der Waals surface area contributed by atoms with Crippen LogP contribution in [0.3, 0.4) is 0 Å². The van der Waals surface area contributed by atoms with Gasteiger partial charge in [-0.1, -0.05) is 30.3 Å². The first-order chi connectivity index (χ1) is 11.7. The number of anilines is 1. The van der Waals surface area contributed by atoms with E-state index in [1.165, 1.54) is 0 Å². The molecule has 0 aliphatic carbocycles. The first-order valence-electron chi connectivity index (χ1n) is 8.21. The lowest BCUT2D eigenvalue weighted by Crippen LogP contribution is -2.45. The van der Waals surface area contributed by atoms with Gasteiger partial charge in [-0.3, -0.25) is 9.59 Å². The third-order valence-corrected chi connectivity index (χ3v) is 4.09. The number of piperidine rings is 1. The molecule has 124 valence electrons. The van der Waals surface area contributed by atoms with Crippen molar-refractivity contribution in [2.75, 3.05) is 18.4 Å². The van der Waals surface area contributed by atoms with Gasteiger partial charge < -0.3 is 16.0 Å². The van der Waals surface area contributed by atoms with E-state index in [0.717, 1.165) is 25.9 Å². The van der Waals surface area contributed by atoms with Crippen LogP contribution in [0.5, 0.6) is 0 Å². The highest BCUT2D eigenvalue weighted by atomic mass is 16.2. The second kappa shape index (κ2) is 7.75. The Morgan fingerprint density at radius 3 is 2.46 bits per heavy atom. The fourth-order valence-corrected chi connectivity index (χ4v) is 2.81. The van der Waals surface area contributed by atoms with Gasteiger partial charge in [-0.05, 0) is 43.7 Å². The number of carbonyl (C=O) groups excluding carboxylic acids is 2. The van der Waals surface area contributed by atoms with Crippen molar-refractivity contribution in [3.05, 3.63) is 65.7 Å². The summed E-state index contributed by atoms with van der Waals surface area (Å²) in [5.74, 6) is -0.386. The van der Waals surface area contributed by atoms with Crippen molar-refractivity contribution in [1.82, 2.24) is 10.6 Å². The van der Waals surface area contributed by atoms with Gasteiger partial charge in [0, 0.05) is 18.2 Å². The molecule has 2 aromatic carbocycles. The molecule has 0 bridgehead atoms. The first-order valence-corrected chi connectivity index (χ1v) is 8.21. The van der Waals surface area contributed by atoms with E-state index >= 15 is 0 Å². The maximum atomic E-state index is 12.6. The van der Waals surface area contributed by atoms with Crippen molar-refractivity contribution >= 4 is 17.5 Å². The van der Waals surface area contributed by atoms with E-state index in [9.17, 15) is 9.59 Å². The third-order valence-electron chi connectivity index (χ3n) is 4.09. The van der Waals surface area contributed by atoms with Crippen LogP contribution >= 0.6 is 0 Å². The molecule has 1 saturated heterocycles. The van der Waals surface area contributed by atoms with Gasteiger partial charge in [-0.2, -0.15) is 0 Å². The van der Waals surface area contributed by atoms with Crippen LogP contribution in [0.4, 0.5) is 5.69 Å². The zero-order chi connectivity index (χ0) is 16.8. The molecule has 24 heavy (non-hydrogen) atoms. The van der Waals surface area contributed by atoms with E-state index < -0.39 is 0 Å². The molecule has 0 spiro atoms. The van der Waals surface area contributed by atoms with Gasteiger partial charge in [-0.25, -0.2) is 0 Å². The van der Waals surface area contributed by atoms with Gasteiger partial charge >= 0.3 is 0 Å². The summed E-state index contributed by atoms with van der Waals surface area (Å²) in [6.07, 6.45) is 2.02. The predicted molar refractivity (Wildman–Crippen MR) is 94.2 cm³/mol. The molecule has 2 amide bonds. The largest absolute Gasteiger partial charge is 0.348 e. The monoisotopic (exact) mass is 323 g/mol. The average molecular weight is 323 g/mol. The van der Waals surface area contributed by atoms with Crippen LogP contribution in [0.2, 0.25) is 0 Å². The molecule has 0 radical (unpaired) electrons. The average Bonchev–Trinajstić information content (AvgIpc) is 2.63. The normalized spacial score (nSPS) is 17.1. The Balaban J connectivity index is 1.72. The molecule has 1 aliphatic rings. The number of benzene rings is 2. The molecule has 3 rings (SSSR count). The highest BCUT2D eigenvalue weighted by molar-refractivity contribution is 6.09. The van der Waals surface area contributed by atoms with Gasteiger partial charge in [0.1, 0.15) is 0 Å². The van der Waals surface area contributed by atoms with Crippen LogP contribution in [0.25, 0.3) is 0 Å². The minimum atomic E-state index is -0.227. The molecule has 0 saturated carbocycles. The highest BCUT2D eigenvalue weighted by Gasteiger charge is 2.19. The van der Waals surface area contributed by atoms with Crippen molar-refractivity contribution < 1.29 is 9.59 Å². The molecule has 1 unspecified atom stereocenters. The van der Waals surface area contributed by atoms with Gasteiger partial charge in [0.2, 0.25) is 0 Å². The Labute approximate surface area is 141 Å². The standard InChI is InChI=1S/C19H21N3O2/c23-18(14-7-2-1-3-8-14)22-17-11-5-4-10-16(17)19(24)21-15-9-6-12-20-13-15/h1-5,7-8,10-11,15,20H,6,9,12-13H2,(H,21,24)(H,22,23). The second-order valence-electron chi connectivity index (χ2n) is 5.88. The molecular weight excluding hydrogens is 302 g/mol. The molecule has 0 aromatic heterocycles. The Kier molecular flexibility index (Phi) is 5.23. The van der Waals surface area contributed by atoms with E-state index in [1.54, 1.807) is 36.4 Å². The van der Waals surface area contributed by atoms with E-state index in [1.807, 2.05) is 18.2 Å². The summed E-state index contributed by atoms with van der Waals surface area (Å²) in [5.41, 5.74) is 1.56. The summed E-state index contributed by atoms with van der Waals surface area (Å²) in [6.45, 7) is 1.78. The van der Waals surface area contributed by atoms with E-state index in [-0.39, 0.29) is 17.9 Å². The van der Waals surface area contributed by atoms with Gasteiger partial charge in [0.15, 0.2) is 0 Å². The molecule has 1 aliphatic heterocycles. The summed E-state index contributed by atoms with van der Waals surface area (Å²) in [5, 5.41) is 9.14. The Morgan fingerprint density at radius 1 is 0.958 bits per heavy atom. The molecule has 1 heterocycles. The molecule has 1 atom stereocenters. The minimum absolute atomic E-state index is 0.129. The lowest BCUT2D eigenvalue weighted by Gasteiger charge is -2.24. The lowest BCUT2D eigenvalue weighted by molar-refractivity contribution is 0.0931. The van der Waals surface area contributed by atoms with Crippen molar-refractivity contribution in [2.45, 2.75) is 18.9 Å². The number of amides is 2. The summed E-state index contributed by atoms with van der Waals surface area (Å²) >= 11 is 0. The van der Waals surface area contributed by atoms with Gasteiger partial charge in [-0.15, -0.1) is 0 Å². The summed E-state index contributed by atoms with van der Waals surface area (Å²) < 4.78 is 0. The fraction of sp³-hybridized carbons (Fsp3) is 0.263. The van der Waals surface area contributed by atoms with Crippen molar-refractivity contribution in [3.8, 4) is 0 Å². The maximum Gasteiger partial charge on any atom is 0.255 e. The van der Waals surface area contributed by atoms with Crippen LogP contribution in [-0.2, 0) is 0 Å². The van der Waals surface area contributed by atoms with E-state index in [2.05, 4.69) is 16.0 Å².